The number of aliphatic hydroxyl groups excluding tert-OH is 1. The molecule has 0 aliphatic carbocycles. The second-order valence-electron chi connectivity index (χ2n) is 6.15. The summed E-state index contributed by atoms with van der Waals surface area (Å²) in [5.74, 6) is -0.474. The van der Waals surface area contributed by atoms with Gasteiger partial charge in [0.1, 0.15) is 11.5 Å². The molecule has 1 amide bonds. The summed E-state index contributed by atoms with van der Waals surface area (Å²) in [5, 5.41) is 41.9. The van der Waals surface area contributed by atoms with Gasteiger partial charge in [-0.2, -0.15) is 0 Å². The number of carbonyl (C=O) groups is 1. The largest absolute Gasteiger partial charge is 0.507 e. The molecule has 134 valence electrons. The molecular formula is C18H27NO5. The molecular weight excluding hydrogens is 310 g/mol. The van der Waals surface area contributed by atoms with E-state index in [9.17, 15) is 20.1 Å². The van der Waals surface area contributed by atoms with E-state index in [1.54, 1.807) is 20.8 Å². The number of aromatic hydroxyl groups is 2. The van der Waals surface area contributed by atoms with Crippen molar-refractivity contribution in [2.45, 2.75) is 46.1 Å². The first-order valence-corrected chi connectivity index (χ1v) is 7.96. The second kappa shape index (κ2) is 8.17. The summed E-state index contributed by atoms with van der Waals surface area (Å²) in [4.78, 5) is 12.0. The fourth-order valence-corrected chi connectivity index (χ4v) is 2.29. The van der Waals surface area contributed by atoms with Gasteiger partial charge < -0.3 is 25.7 Å². The molecule has 1 aromatic carbocycles. The van der Waals surface area contributed by atoms with Crippen LogP contribution in [0.2, 0.25) is 0 Å². The number of phenolic OH excluding ortho intramolecular Hbond substituents is 2. The highest BCUT2D eigenvalue weighted by atomic mass is 16.3. The third-order valence-corrected chi connectivity index (χ3v) is 4.19. The van der Waals surface area contributed by atoms with Crippen molar-refractivity contribution in [2.75, 3.05) is 13.2 Å². The lowest BCUT2D eigenvalue weighted by atomic mass is 9.95. The van der Waals surface area contributed by atoms with Crippen molar-refractivity contribution >= 4 is 12.0 Å². The van der Waals surface area contributed by atoms with Gasteiger partial charge in [-0.3, -0.25) is 4.79 Å². The van der Waals surface area contributed by atoms with Crippen LogP contribution >= 0.6 is 0 Å². The molecule has 6 nitrogen and oxygen atoms in total. The highest BCUT2D eigenvalue weighted by molar-refractivity contribution is 5.88. The summed E-state index contributed by atoms with van der Waals surface area (Å²) in [6, 6.07) is 0. The van der Waals surface area contributed by atoms with Crippen LogP contribution in [0.4, 0.5) is 0 Å². The molecule has 5 N–H and O–H groups in total. The molecule has 0 saturated heterocycles. The summed E-state index contributed by atoms with van der Waals surface area (Å²) >= 11 is 0. The second-order valence-corrected chi connectivity index (χ2v) is 6.15. The first kappa shape index (κ1) is 20.0. The van der Waals surface area contributed by atoms with Crippen molar-refractivity contribution in [1.29, 1.82) is 0 Å². The van der Waals surface area contributed by atoms with Gasteiger partial charge in [-0.05, 0) is 57.7 Å². The maximum atomic E-state index is 12.0. The van der Waals surface area contributed by atoms with E-state index in [4.69, 9.17) is 5.11 Å². The lowest BCUT2D eigenvalue weighted by molar-refractivity contribution is -0.133. The monoisotopic (exact) mass is 337 g/mol. The molecule has 0 fully saturated rings. The van der Waals surface area contributed by atoms with Gasteiger partial charge in [-0.1, -0.05) is 6.08 Å². The van der Waals surface area contributed by atoms with Gasteiger partial charge in [-0.25, -0.2) is 0 Å². The molecule has 6 heteroatoms. The number of nitrogens with one attached hydrogen (secondary N) is 1. The number of aliphatic hydroxyl groups is 2. The Balaban J connectivity index is 2.97. The summed E-state index contributed by atoms with van der Waals surface area (Å²) in [7, 11) is 0. The van der Waals surface area contributed by atoms with E-state index in [1.807, 2.05) is 0 Å². The maximum absolute atomic E-state index is 12.0. The average molecular weight is 337 g/mol. The van der Waals surface area contributed by atoms with Gasteiger partial charge in [0.25, 0.3) is 5.91 Å². The highest BCUT2D eigenvalue weighted by Gasteiger charge is 2.27. The van der Waals surface area contributed by atoms with Crippen LogP contribution in [0.1, 0.15) is 42.0 Å². The van der Waals surface area contributed by atoms with E-state index < -0.39 is 11.5 Å². The van der Waals surface area contributed by atoms with E-state index in [0.29, 0.717) is 41.6 Å². The normalized spacial score (nSPS) is 13.9. The fraction of sp³-hybridized carbons (Fsp3) is 0.500. The van der Waals surface area contributed by atoms with Crippen molar-refractivity contribution in [3.05, 3.63) is 28.3 Å². The van der Waals surface area contributed by atoms with Crippen molar-refractivity contribution in [1.82, 2.24) is 5.32 Å². The van der Waals surface area contributed by atoms with Crippen LogP contribution in [0, 0.1) is 20.8 Å². The number of carbonyl (C=O) groups excluding carboxylic acids is 1. The Hall–Kier alpha value is -2.05. The van der Waals surface area contributed by atoms with E-state index in [2.05, 4.69) is 5.32 Å². The van der Waals surface area contributed by atoms with Gasteiger partial charge in [0.15, 0.2) is 5.60 Å². The number of amides is 1. The minimum Gasteiger partial charge on any atom is -0.507 e. The summed E-state index contributed by atoms with van der Waals surface area (Å²) in [6.45, 7) is 6.82. The minimum atomic E-state index is -1.76. The van der Waals surface area contributed by atoms with Crippen LogP contribution in [0.25, 0.3) is 6.08 Å². The number of hydrogen-bond donors (Lipinski definition) is 5. The summed E-state index contributed by atoms with van der Waals surface area (Å²) in [6.07, 6.45) is 3.91. The van der Waals surface area contributed by atoms with Crippen LogP contribution in [-0.2, 0) is 4.79 Å². The van der Waals surface area contributed by atoms with Gasteiger partial charge in [-0.15, -0.1) is 0 Å². The SMILES string of the molecule is Cc1c(C)c(O)c(C=CC(C)(O)C(=O)NCCCCO)c(C)c1O. The molecule has 24 heavy (non-hydrogen) atoms. The fourth-order valence-electron chi connectivity index (χ4n) is 2.29. The number of rotatable bonds is 7. The number of unbranched alkanes of at least 4 members (excludes halogenated alkanes) is 1. The molecule has 0 aliphatic heterocycles. The lowest BCUT2D eigenvalue weighted by Crippen LogP contribution is -2.43. The topological polar surface area (TPSA) is 110 Å². The van der Waals surface area contributed by atoms with E-state index >= 15 is 0 Å². The molecule has 0 aromatic heterocycles. The molecule has 0 spiro atoms. The third kappa shape index (κ3) is 4.49. The molecule has 0 radical (unpaired) electrons. The van der Waals surface area contributed by atoms with Gasteiger partial charge in [0, 0.05) is 24.3 Å². The average Bonchev–Trinajstić information content (AvgIpc) is 2.54. The molecule has 0 saturated carbocycles. The number of hydrogen-bond acceptors (Lipinski definition) is 5. The van der Waals surface area contributed by atoms with E-state index in [0.717, 1.165) is 0 Å². The van der Waals surface area contributed by atoms with Crippen LogP contribution in [0.3, 0.4) is 0 Å². The van der Waals surface area contributed by atoms with Gasteiger partial charge in [0.2, 0.25) is 0 Å². The van der Waals surface area contributed by atoms with Crippen molar-refractivity contribution in [3.8, 4) is 11.5 Å². The highest BCUT2D eigenvalue weighted by Crippen LogP contribution is 2.37. The quantitative estimate of drug-likeness (QED) is 0.384. The van der Waals surface area contributed by atoms with Crippen molar-refractivity contribution in [2.24, 2.45) is 0 Å². The molecule has 1 rings (SSSR count). The van der Waals surface area contributed by atoms with Crippen LogP contribution in [0.15, 0.2) is 6.08 Å². The first-order valence-electron chi connectivity index (χ1n) is 7.96. The Kier molecular flexibility index (Phi) is 6.81. The molecule has 0 heterocycles. The van der Waals surface area contributed by atoms with E-state index in [-0.39, 0.29) is 18.1 Å². The summed E-state index contributed by atoms with van der Waals surface area (Å²) in [5.41, 5.74) is 0.225. The predicted molar refractivity (Wildman–Crippen MR) is 93.0 cm³/mol. The minimum absolute atomic E-state index is 0.0122. The Morgan fingerprint density at radius 1 is 1.08 bits per heavy atom. The number of benzene rings is 1. The first-order chi connectivity index (χ1) is 11.1. The Bertz CT molecular complexity index is 606. The number of phenols is 2. The molecule has 1 aromatic rings. The maximum Gasteiger partial charge on any atom is 0.255 e. The Morgan fingerprint density at radius 2 is 1.67 bits per heavy atom. The molecule has 1 atom stereocenters. The van der Waals surface area contributed by atoms with Crippen LogP contribution in [0.5, 0.6) is 11.5 Å². The molecule has 0 aliphatic rings. The van der Waals surface area contributed by atoms with Crippen LogP contribution < -0.4 is 5.32 Å². The smallest absolute Gasteiger partial charge is 0.255 e. The van der Waals surface area contributed by atoms with Crippen LogP contribution in [-0.4, -0.2) is 45.1 Å². The van der Waals surface area contributed by atoms with Gasteiger partial charge in [0.05, 0.1) is 0 Å². The van der Waals surface area contributed by atoms with Gasteiger partial charge >= 0.3 is 0 Å². The van der Waals surface area contributed by atoms with E-state index in [1.165, 1.54) is 19.1 Å². The zero-order chi connectivity index (χ0) is 18.5. The predicted octanol–water partition coefficient (Wildman–Crippen LogP) is 1.68. The third-order valence-electron chi connectivity index (χ3n) is 4.19. The zero-order valence-electron chi connectivity index (χ0n) is 14.7. The van der Waals surface area contributed by atoms with Crippen molar-refractivity contribution < 1.29 is 25.2 Å². The molecule has 1 unspecified atom stereocenters. The van der Waals surface area contributed by atoms with Crippen molar-refractivity contribution in [3.63, 3.8) is 0 Å². The standard InChI is InChI=1S/C18H27NO5/c1-11-12(2)16(22)14(13(3)15(11)21)7-8-18(4,24)17(23)19-9-5-6-10-20/h7-8,20-22,24H,5-6,9-10H2,1-4H3,(H,19,23). The zero-order valence-corrected chi connectivity index (χ0v) is 14.7. The summed E-state index contributed by atoms with van der Waals surface area (Å²) < 4.78 is 0. The lowest BCUT2D eigenvalue weighted by Gasteiger charge is -2.19. The Labute approximate surface area is 142 Å². The molecule has 0 bridgehead atoms. The Morgan fingerprint density at radius 3 is 2.25 bits per heavy atom.